The highest BCUT2D eigenvalue weighted by Gasteiger charge is 2.42. The lowest BCUT2D eigenvalue weighted by atomic mass is 9.96. The second-order valence-corrected chi connectivity index (χ2v) is 23.6. The van der Waals surface area contributed by atoms with Gasteiger partial charge in [-0.25, -0.2) is 23.0 Å². The quantitative estimate of drug-likeness (QED) is 0.132. The zero-order valence-electron chi connectivity index (χ0n) is 38.4. The van der Waals surface area contributed by atoms with Crippen LogP contribution < -0.4 is 15.1 Å². The molecule has 2 saturated heterocycles. The van der Waals surface area contributed by atoms with Gasteiger partial charge in [-0.1, -0.05) is 53.5 Å². The topological polar surface area (TPSA) is 113 Å². The number of fused-ring (bicyclic) bond motifs is 2. The molecule has 60 heavy (non-hydrogen) atoms. The Hall–Kier alpha value is -4.61. The lowest BCUT2D eigenvalue weighted by molar-refractivity contribution is 0.0232. The van der Waals surface area contributed by atoms with E-state index in [9.17, 15) is 14.3 Å². The average molecular weight is 849 g/mol. The van der Waals surface area contributed by atoms with Crippen LogP contribution in [0.2, 0.25) is 16.6 Å². The monoisotopic (exact) mass is 848 g/mol. The molecule has 2 N–H and O–H groups in total. The molecule has 10 nitrogen and oxygen atoms in total. The normalized spacial score (nSPS) is 19.1. The van der Waals surface area contributed by atoms with Crippen LogP contribution in [0.25, 0.3) is 32.9 Å². The number of anilines is 1. The molecule has 2 aliphatic heterocycles. The van der Waals surface area contributed by atoms with E-state index in [0.717, 1.165) is 6.42 Å². The molecule has 2 fully saturated rings. The predicted molar refractivity (Wildman–Crippen MR) is 235 cm³/mol. The summed E-state index contributed by atoms with van der Waals surface area (Å²) >= 11 is 0. The molecule has 0 unspecified atom stereocenters. The average Bonchev–Trinajstić information content (AvgIpc) is 3.42. The van der Waals surface area contributed by atoms with E-state index >= 15 is 8.78 Å². The molecule has 324 valence electrons. The summed E-state index contributed by atoms with van der Waals surface area (Å²) in [4.78, 5) is 27.5. The summed E-state index contributed by atoms with van der Waals surface area (Å²) in [5.74, 6) is 0.558. The Balaban J connectivity index is 1.60. The summed E-state index contributed by atoms with van der Waals surface area (Å²) in [6, 6.07) is 5.04. The van der Waals surface area contributed by atoms with Crippen molar-refractivity contribution in [2.75, 3.05) is 37.7 Å². The van der Waals surface area contributed by atoms with Crippen LogP contribution >= 0.6 is 0 Å². The summed E-state index contributed by atoms with van der Waals surface area (Å²) in [7, 11) is -2.37. The lowest BCUT2D eigenvalue weighted by Gasteiger charge is -2.38. The number of rotatable bonds is 8. The molecule has 1 amide bonds. The number of amides is 1. The molecule has 2 atom stereocenters. The summed E-state index contributed by atoms with van der Waals surface area (Å²) in [6.45, 7) is 16.8. The van der Waals surface area contributed by atoms with Gasteiger partial charge in [0, 0.05) is 36.8 Å². The van der Waals surface area contributed by atoms with Crippen LogP contribution in [0.1, 0.15) is 109 Å². The second kappa shape index (κ2) is 18.6. The number of pyridine rings is 1. The summed E-state index contributed by atoms with van der Waals surface area (Å²) in [5.41, 5.74) is 3.02. The van der Waals surface area contributed by atoms with Gasteiger partial charge in [0.15, 0.2) is 11.6 Å². The number of nitrogens with zero attached hydrogens (tertiary/aromatic N) is 5. The number of hydrogen-bond acceptors (Lipinski definition) is 9. The Morgan fingerprint density at radius 2 is 1.77 bits per heavy atom. The number of aromatic hydroxyl groups is 1. The van der Waals surface area contributed by atoms with Crippen molar-refractivity contribution in [3.8, 4) is 34.5 Å². The Kier molecular flexibility index (Phi) is 13.0. The van der Waals surface area contributed by atoms with Gasteiger partial charge in [0.1, 0.15) is 42.6 Å². The Morgan fingerprint density at radius 1 is 1.05 bits per heavy atom. The number of carbonyl (C=O) groups is 1. The molecule has 0 spiro atoms. The maximum atomic E-state index is 17.7. The van der Waals surface area contributed by atoms with E-state index < -0.39 is 56.1 Å². The van der Waals surface area contributed by atoms with Crippen LogP contribution in [0.5, 0.6) is 11.8 Å². The first kappa shape index (κ1) is 42.1. The molecular formula is C46H61F3N6O4Si. The van der Waals surface area contributed by atoms with Gasteiger partial charge in [-0.3, -0.25) is 9.99 Å². The van der Waals surface area contributed by atoms with Crippen LogP contribution in [-0.2, 0) is 4.74 Å². The lowest BCUT2D eigenvalue weighted by Crippen LogP contribution is -2.49. The minimum atomic E-state index is -2.48. The Morgan fingerprint density at radius 3 is 2.47 bits per heavy atom. The highest BCUT2D eigenvalue weighted by molar-refractivity contribution is 6.90. The zero-order chi connectivity index (χ0) is 45.3. The van der Waals surface area contributed by atoms with E-state index in [1.807, 2.05) is 0 Å². The third-order valence-corrected chi connectivity index (χ3v) is 18.0. The number of halogens is 3. The van der Waals surface area contributed by atoms with Crippen LogP contribution in [0.15, 0.2) is 30.5 Å². The van der Waals surface area contributed by atoms with Crippen molar-refractivity contribution >= 4 is 41.7 Å². The van der Waals surface area contributed by atoms with Crippen molar-refractivity contribution in [2.24, 2.45) is 5.92 Å². The fourth-order valence-electron chi connectivity index (χ4n) is 8.94. The fraction of sp³-hybridized carbons (Fsp3) is 0.565. The smallest absolute Gasteiger partial charge is 0.429 e. The maximum absolute atomic E-state index is 17.7. The number of hydrazine groups is 1. The van der Waals surface area contributed by atoms with E-state index in [1.54, 1.807) is 25.8 Å². The number of ether oxygens (including phenoxy) is 2. The SMILES string of the molecule is [2H]C([2H])(Oc1nc(N2CCCCCN2C(=O)OC(C)(C)C)c2cnc(-c3cc(O)cc4ccc(F)c(C#C[Si](C(C)C)(C(C)C)C(C)C)c34)c(F)c2n1)[C@@H]1CCCNC[C@H](F)C1. The number of phenols is 1. The number of phenolic OH excluding ortho intramolecular Hbond substituents is 1. The fourth-order valence-corrected chi connectivity index (χ4v) is 14.1. The zero-order valence-corrected chi connectivity index (χ0v) is 37.4. The van der Waals surface area contributed by atoms with Gasteiger partial charge in [0.25, 0.3) is 0 Å². The van der Waals surface area contributed by atoms with Crippen LogP contribution in [0.3, 0.4) is 0 Å². The van der Waals surface area contributed by atoms with Gasteiger partial charge in [0.2, 0.25) is 0 Å². The number of aromatic nitrogens is 3. The van der Waals surface area contributed by atoms with Crippen molar-refractivity contribution in [1.29, 1.82) is 0 Å². The van der Waals surface area contributed by atoms with Crippen LogP contribution in [0, 0.1) is 29.0 Å². The highest BCUT2D eigenvalue weighted by Crippen LogP contribution is 2.42. The van der Waals surface area contributed by atoms with E-state index in [-0.39, 0.29) is 87.4 Å². The summed E-state index contributed by atoms with van der Waals surface area (Å²) in [5, 5.41) is 17.8. The summed E-state index contributed by atoms with van der Waals surface area (Å²) < 4.78 is 78.6. The van der Waals surface area contributed by atoms with Crippen molar-refractivity contribution in [3.05, 3.63) is 47.7 Å². The molecular weight excluding hydrogens is 786 g/mol. The first-order valence-corrected chi connectivity index (χ1v) is 23.5. The van der Waals surface area contributed by atoms with Gasteiger partial charge >= 0.3 is 12.1 Å². The molecule has 0 saturated carbocycles. The first-order valence-electron chi connectivity index (χ1n) is 22.3. The van der Waals surface area contributed by atoms with E-state index in [0.29, 0.717) is 37.6 Å². The van der Waals surface area contributed by atoms with Crippen LogP contribution in [-0.4, -0.2) is 83.7 Å². The Labute approximate surface area is 356 Å². The van der Waals surface area contributed by atoms with Crippen LogP contribution in [0.4, 0.5) is 23.8 Å². The third kappa shape index (κ3) is 9.62. The van der Waals surface area contributed by atoms with Crippen molar-refractivity contribution in [3.63, 3.8) is 0 Å². The van der Waals surface area contributed by atoms with Crippen molar-refractivity contribution in [2.45, 2.75) is 129 Å². The molecule has 2 aromatic carbocycles. The van der Waals surface area contributed by atoms with E-state index in [4.69, 9.17) is 12.2 Å². The molecule has 0 bridgehead atoms. The van der Waals surface area contributed by atoms with Gasteiger partial charge in [-0.2, -0.15) is 9.97 Å². The highest BCUT2D eigenvalue weighted by atomic mass is 28.3. The largest absolute Gasteiger partial charge is 0.508 e. The minimum absolute atomic E-state index is 0.0208. The van der Waals surface area contributed by atoms with E-state index in [2.05, 4.69) is 73.3 Å². The summed E-state index contributed by atoms with van der Waals surface area (Å²) in [6.07, 6.45) is 2.17. The van der Waals surface area contributed by atoms with Crippen molar-refractivity contribution < 1.29 is 35.3 Å². The standard InChI is InChI=1S/C46H61F3N6O4Si/c1-28(2)60(29(3)4,30(5)6)21-17-35-38(48)16-15-32-23-34(56)24-36(39(32)35)41-40(49)42-37(26-51-41)43(54-19-11-10-12-20-55(54)45(57)59-46(7,8)9)53-44(52-42)58-27-31-14-13-18-50-25-33(47)22-31/h15-16,23-24,26,28-31,33,50,56H,10-14,18-20,22,25,27H2,1-9H3/t31-,33-/m1/s1/i27D2. The Bertz CT molecular complexity index is 2330. The van der Waals surface area contributed by atoms with E-state index in [1.165, 1.54) is 35.5 Å². The van der Waals surface area contributed by atoms with Gasteiger partial charge in [-0.15, -0.1) is 5.54 Å². The molecule has 14 heteroatoms. The number of benzene rings is 2. The van der Waals surface area contributed by atoms with Gasteiger partial charge in [-0.05, 0) is 112 Å². The molecule has 0 aliphatic carbocycles. The third-order valence-electron chi connectivity index (χ3n) is 11.7. The molecule has 4 heterocycles. The number of hydrogen-bond donors (Lipinski definition) is 2. The maximum Gasteiger partial charge on any atom is 0.429 e. The van der Waals surface area contributed by atoms with Crippen molar-refractivity contribution in [1.82, 2.24) is 25.3 Å². The number of carbonyl (C=O) groups excluding carboxylic acids is 1. The number of nitrogens with one attached hydrogen (secondary N) is 1. The van der Waals surface area contributed by atoms with Gasteiger partial charge in [0.05, 0.1) is 20.3 Å². The molecule has 2 aromatic heterocycles. The minimum Gasteiger partial charge on any atom is -0.508 e. The predicted octanol–water partition coefficient (Wildman–Crippen LogP) is 10.6. The molecule has 0 radical (unpaired) electrons. The number of alkyl halides is 1. The second-order valence-electron chi connectivity index (χ2n) is 18.1. The molecule has 6 rings (SSSR count). The van der Waals surface area contributed by atoms with Gasteiger partial charge < -0.3 is 19.9 Å². The molecule has 2 aliphatic rings. The molecule has 4 aromatic rings. The first-order chi connectivity index (χ1) is 29.1.